The number of hydrogen-bond donors (Lipinski definition) is 2. The maximum atomic E-state index is 13.0. The molecule has 0 aliphatic carbocycles. The lowest BCUT2D eigenvalue weighted by atomic mass is 10.1. The van der Waals surface area contributed by atoms with Crippen LogP contribution in [0.3, 0.4) is 0 Å². The second kappa shape index (κ2) is 7.94. The number of amides is 1. The van der Waals surface area contributed by atoms with Crippen LogP contribution in [0.5, 0.6) is 0 Å². The van der Waals surface area contributed by atoms with Gasteiger partial charge in [0.2, 0.25) is 10.0 Å². The van der Waals surface area contributed by atoms with Crippen LogP contribution in [0, 0.1) is 0 Å². The molecular weight excluding hydrogens is 383 g/mol. The summed E-state index contributed by atoms with van der Waals surface area (Å²) in [5.41, 5.74) is 1.20. The lowest BCUT2D eigenvalue weighted by molar-refractivity contribution is 0.0963. The summed E-state index contributed by atoms with van der Waals surface area (Å²) in [6, 6.07) is 10.7. The molecule has 2 aromatic rings. The third-order valence-electron chi connectivity index (χ3n) is 3.52. The molecule has 0 bridgehead atoms. The number of rotatable bonds is 7. The molecule has 0 aliphatic heterocycles. The molecule has 0 atom stereocenters. The Hall–Kier alpha value is -2.30. The first-order chi connectivity index (χ1) is 12.1. The molecule has 0 saturated carbocycles. The Kier molecular flexibility index (Phi) is 6.11. The van der Waals surface area contributed by atoms with Crippen LogP contribution < -0.4 is 10.0 Å². The van der Waals surface area contributed by atoms with Crippen LogP contribution in [0.2, 0.25) is 0 Å². The second-order valence-corrected chi connectivity index (χ2v) is 8.45. The van der Waals surface area contributed by atoms with E-state index in [-0.39, 0.29) is 17.3 Å². The molecule has 2 aromatic carbocycles. The Morgan fingerprint density at radius 3 is 2.31 bits per heavy atom. The van der Waals surface area contributed by atoms with Gasteiger partial charge in [-0.25, -0.2) is 13.1 Å². The molecule has 26 heavy (non-hydrogen) atoms. The van der Waals surface area contributed by atoms with Gasteiger partial charge in [0.1, 0.15) is 0 Å². The Bertz CT molecular complexity index is 1020. The van der Waals surface area contributed by atoms with Crippen molar-refractivity contribution < 1.29 is 25.5 Å². The number of carbonyl (C=O) groups is 1. The molecule has 0 aliphatic rings. The Morgan fingerprint density at radius 2 is 1.65 bits per heavy atom. The quantitative estimate of drug-likeness (QED) is 0.680. The van der Waals surface area contributed by atoms with Crippen molar-refractivity contribution in [1.82, 2.24) is 10.0 Å². The van der Waals surface area contributed by atoms with Crippen molar-refractivity contribution in [2.45, 2.75) is 16.2 Å². The monoisotopic (exact) mass is 400 g/mol. The lowest BCUT2D eigenvalue weighted by Gasteiger charge is -2.08. The highest BCUT2D eigenvalue weighted by molar-refractivity contribution is 7.89. The van der Waals surface area contributed by atoms with Gasteiger partial charge in [0.05, 0.1) is 9.79 Å². The number of nitrogens with one attached hydrogen (secondary N) is 2. The smallest absolute Gasteiger partial charge is 0.332 e. The van der Waals surface area contributed by atoms with Crippen molar-refractivity contribution in [3.63, 3.8) is 0 Å². The molecule has 0 radical (unpaired) electrons. The fourth-order valence-electron chi connectivity index (χ4n) is 2.22. The molecule has 0 unspecified atom stereocenters. The minimum atomic E-state index is -4.99. The Balaban J connectivity index is 2.09. The summed E-state index contributed by atoms with van der Waals surface area (Å²) in [6.07, 6.45) is 0.311. The average Bonchev–Trinajstić information content (AvgIpc) is 2.60. The fraction of sp³-hybridized carbons (Fsp3) is 0.188. The molecule has 140 valence electrons. The van der Waals surface area contributed by atoms with E-state index in [4.69, 9.17) is 0 Å². The van der Waals surface area contributed by atoms with E-state index in [2.05, 4.69) is 10.0 Å². The van der Waals surface area contributed by atoms with Crippen LogP contribution in [0.15, 0.2) is 58.3 Å². The van der Waals surface area contributed by atoms with Crippen LogP contribution in [-0.4, -0.2) is 36.3 Å². The summed E-state index contributed by atoms with van der Waals surface area (Å²) >= 11 is 0. The summed E-state index contributed by atoms with van der Waals surface area (Å²) in [5.74, 6) is -0.253. The first kappa shape index (κ1) is 20.0. The summed E-state index contributed by atoms with van der Waals surface area (Å²) in [7, 11) is -7.49. The Morgan fingerprint density at radius 1 is 1.00 bits per heavy atom. The van der Waals surface area contributed by atoms with Gasteiger partial charge in [0, 0.05) is 19.2 Å². The van der Waals surface area contributed by atoms with E-state index in [9.17, 15) is 25.5 Å². The third-order valence-corrected chi connectivity index (χ3v) is 5.80. The molecule has 0 spiro atoms. The molecule has 1 amide bonds. The zero-order valence-electron chi connectivity index (χ0n) is 13.8. The van der Waals surface area contributed by atoms with Crippen LogP contribution in [0.25, 0.3) is 0 Å². The third kappa shape index (κ3) is 5.10. The summed E-state index contributed by atoms with van der Waals surface area (Å²) in [6.45, 7) is 0.0200. The second-order valence-electron chi connectivity index (χ2n) is 5.34. The number of benzene rings is 2. The van der Waals surface area contributed by atoms with E-state index in [0.717, 1.165) is 23.8 Å². The highest BCUT2D eigenvalue weighted by Crippen LogP contribution is 2.17. The van der Waals surface area contributed by atoms with Crippen molar-refractivity contribution in [1.29, 1.82) is 0 Å². The molecule has 0 fully saturated rings. The molecule has 0 heterocycles. The Labute approximate surface area is 151 Å². The van der Waals surface area contributed by atoms with Gasteiger partial charge in [-0.3, -0.25) is 4.79 Å². The predicted octanol–water partition coefficient (Wildman–Crippen LogP) is 1.23. The van der Waals surface area contributed by atoms with Crippen LogP contribution in [-0.2, 0) is 26.7 Å². The van der Waals surface area contributed by atoms with Crippen molar-refractivity contribution >= 4 is 26.2 Å². The maximum absolute atomic E-state index is 13.0. The predicted molar refractivity (Wildman–Crippen MR) is 93.5 cm³/mol. The highest BCUT2D eigenvalue weighted by atomic mass is 32.3. The van der Waals surface area contributed by atoms with E-state index in [0.29, 0.717) is 12.0 Å². The van der Waals surface area contributed by atoms with Gasteiger partial charge >= 0.3 is 10.2 Å². The van der Waals surface area contributed by atoms with Gasteiger partial charge in [-0.1, -0.05) is 18.2 Å². The molecule has 2 rings (SSSR count). The van der Waals surface area contributed by atoms with E-state index in [1.807, 2.05) is 0 Å². The molecule has 2 N–H and O–H groups in total. The standard InChI is InChI=1S/C16H17FN2O5S2/c1-18-16(20)13-5-2-4-12(10-13)8-9-19-26(23,24)15-7-3-6-14(11-15)25(17,21)22/h2-7,10-11,19H,8-9H2,1H3,(H,18,20). The summed E-state index contributed by atoms with van der Waals surface area (Å²) in [5, 5.41) is 2.50. The highest BCUT2D eigenvalue weighted by Gasteiger charge is 2.18. The van der Waals surface area contributed by atoms with Gasteiger partial charge in [0.15, 0.2) is 0 Å². The molecule has 7 nitrogen and oxygen atoms in total. The van der Waals surface area contributed by atoms with Crippen molar-refractivity contribution in [3.05, 3.63) is 59.7 Å². The number of halogens is 1. The largest absolute Gasteiger partial charge is 0.355 e. The maximum Gasteiger partial charge on any atom is 0.332 e. The number of carbonyl (C=O) groups excluding carboxylic acids is 1. The van der Waals surface area contributed by atoms with Gasteiger partial charge < -0.3 is 5.32 Å². The first-order valence-corrected chi connectivity index (χ1v) is 10.4. The lowest BCUT2D eigenvalue weighted by Crippen LogP contribution is -2.26. The normalized spacial score (nSPS) is 11.9. The minimum Gasteiger partial charge on any atom is -0.355 e. The van der Waals surface area contributed by atoms with E-state index >= 15 is 0 Å². The minimum absolute atomic E-state index is 0.0200. The van der Waals surface area contributed by atoms with Crippen molar-refractivity contribution in [3.8, 4) is 0 Å². The van der Waals surface area contributed by atoms with Crippen molar-refractivity contribution in [2.24, 2.45) is 0 Å². The number of sulfonamides is 1. The van der Waals surface area contributed by atoms with Crippen molar-refractivity contribution in [2.75, 3.05) is 13.6 Å². The molecule has 10 heteroatoms. The SMILES string of the molecule is CNC(=O)c1cccc(CCNS(=O)(=O)c2cccc(S(=O)(=O)F)c2)c1. The van der Waals surface area contributed by atoms with Crippen LogP contribution in [0.1, 0.15) is 15.9 Å². The topological polar surface area (TPSA) is 109 Å². The van der Waals surface area contributed by atoms with Crippen LogP contribution >= 0.6 is 0 Å². The van der Waals surface area contributed by atoms with Gasteiger partial charge in [-0.15, -0.1) is 3.89 Å². The number of hydrogen-bond acceptors (Lipinski definition) is 5. The van der Waals surface area contributed by atoms with Gasteiger partial charge in [-0.05, 0) is 42.3 Å². The zero-order valence-corrected chi connectivity index (χ0v) is 15.4. The first-order valence-electron chi connectivity index (χ1n) is 7.49. The molecular formula is C16H17FN2O5S2. The van der Waals surface area contributed by atoms with Crippen LogP contribution in [0.4, 0.5) is 3.89 Å². The fourth-order valence-corrected chi connectivity index (χ4v) is 3.88. The zero-order chi connectivity index (χ0) is 19.4. The van der Waals surface area contributed by atoms with E-state index in [1.165, 1.54) is 13.1 Å². The molecule has 0 aromatic heterocycles. The van der Waals surface area contributed by atoms with Gasteiger partial charge in [0.25, 0.3) is 5.91 Å². The van der Waals surface area contributed by atoms with E-state index in [1.54, 1.807) is 24.3 Å². The van der Waals surface area contributed by atoms with E-state index < -0.39 is 25.1 Å². The summed E-state index contributed by atoms with van der Waals surface area (Å²) < 4.78 is 61.6. The van der Waals surface area contributed by atoms with Gasteiger partial charge in [-0.2, -0.15) is 8.42 Å². The summed E-state index contributed by atoms with van der Waals surface area (Å²) in [4.78, 5) is 10.5. The molecule has 0 saturated heterocycles. The average molecular weight is 400 g/mol.